The van der Waals surface area contributed by atoms with Crippen molar-refractivity contribution in [2.24, 2.45) is 0 Å². The van der Waals surface area contributed by atoms with Crippen molar-refractivity contribution >= 4 is 21.8 Å². The highest BCUT2D eigenvalue weighted by atomic mass is 32.2. The molecule has 0 amide bonds. The van der Waals surface area contributed by atoms with E-state index < -0.39 is 16.0 Å². The van der Waals surface area contributed by atoms with E-state index in [2.05, 4.69) is 0 Å². The Hall–Kier alpha value is -2.51. The van der Waals surface area contributed by atoms with Gasteiger partial charge in [-0.25, -0.2) is 12.7 Å². The predicted octanol–water partition coefficient (Wildman–Crippen LogP) is 2.90. The molecule has 2 aromatic carbocycles. The number of rotatable bonds is 8. The first kappa shape index (κ1) is 19.8. The smallest absolute Gasteiger partial charge is 0.311 e. The van der Waals surface area contributed by atoms with Crippen molar-refractivity contribution in [3.05, 3.63) is 60.2 Å². The third-order valence-corrected chi connectivity index (χ3v) is 5.67. The minimum atomic E-state index is -3.67. The number of ether oxygens (including phenoxy) is 1. The average Bonchev–Trinajstić information content (AvgIpc) is 2.62. The van der Waals surface area contributed by atoms with Gasteiger partial charge in [-0.3, -0.25) is 9.59 Å². The van der Waals surface area contributed by atoms with Gasteiger partial charge in [0.15, 0.2) is 5.78 Å². The van der Waals surface area contributed by atoms with Gasteiger partial charge in [-0.2, -0.15) is 0 Å². The van der Waals surface area contributed by atoms with Gasteiger partial charge in [0.2, 0.25) is 10.0 Å². The quantitative estimate of drug-likeness (QED) is 0.403. The van der Waals surface area contributed by atoms with Gasteiger partial charge in [0.25, 0.3) is 0 Å². The van der Waals surface area contributed by atoms with Crippen LogP contribution >= 0.6 is 0 Å². The van der Waals surface area contributed by atoms with Gasteiger partial charge in [-0.15, -0.1) is 0 Å². The first-order valence-corrected chi connectivity index (χ1v) is 9.58. The Kier molecular flexibility index (Phi) is 6.65. The first-order valence-electron chi connectivity index (χ1n) is 8.14. The van der Waals surface area contributed by atoms with E-state index in [1.54, 1.807) is 24.3 Å². The molecule has 0 bridgehead atoms. The van der Waals surface area contributed by atoms with Gasteiger partial charge < -0.3 is 4.74 Å². The lowest BCUT2D eigenvalue weighted by molar-refractivity contribution is -0.134. The van der Waals surface area contributed by atoms with E-state index in [4.69, 9.17) is 4.74 Å². The number of hydrogen-bond donors (Lipinski definition) is 0. The fourth-order valence-corrected chi connectivity index (χ4v) is 3.49. The van der Waals surface area contributed by atoms with E-state index in [1.165, 1.54) is 42.5 Å². The molecule has 0 unspecified atom stereocenters. The Bertz CT molecular complexity index is 861. The van der Waals surface area contributed by atoms with Crippen LogP contribution in [0, 0.1) is 0 Å². The maximum absolute atomic E-state index is 12.5. The molecule has 26 heavy (non-hydrogen) atoms. The van der Waals surface area contributed by atoms with Crippen LogP contribution in [0.1, 0.15) is 30.1 Å². The topological polar surface area (TPSA) is 80.8 Å². The Morgan fingerprint density at radius 2 is 1.62 bits per heavy atom. The Morgan fingerprint density at radius 1 is 1.00 bits per heavy atom. The van der Waals surface area contributed by atoms with Gasteiger partial charge in [0, 0.05) is 25.6 Å². The zero-order valence-electron chi connectivity index (χ0n) is 14.7. The number of sulfonamides is 1. The fraction of sp³-hybridized carbons (Fsp3) is 0.263. The van der Waals surface area contributed by atoms with Crippen molar-refractivity contribution < 1.29 is 22.7 Å². The SMILES string of the molecule is CC(=O)c1ccc(S(=O)(=O)N(C)CCCC(=O)Oc2ccccc2)cc1. The molecule has 0 aliphatic heterocycles. The summed E-state index contributed by atoms with van der Waals surface area (Å²) in [6.45, 7) is 1.60. The first-order chi connectivity index (χ1) is 12.3. The second-order valence-corrected chi connectivity index (χ2v) is 7.84. The van der Waals surface area contributed by atoms with Crippen molar-refractivity contribution in [3.63, 3.8) is 0 Å². The lowest BCUT2D eigenvalue weighted by Crippen LogP contribution is -2.28. The normalized spacial score (nSPS) is 11.3. The van der Waals surface area contributed by atoms with Crippen LogP contribution in [0.15, 0.2) is 59.5 Å². The maximum Gasteiger partial charge on any atom is 0.311 e. The van der Waals surface area contributed by atoms with Crippen molar-refractivity contribution in [1.82, 2.24) is 4.31 Å². The number of benzene rings is 2. The van der Waals surface area contributed by atoms with Crippen LogP contribution in [-0.2, 0) is 14.8 Å². The van der Waals surface area contributed by atoms with E-state index in [0.717, 1.165) is 0 Å². The second-order valence-electron chi connectivity index (χ2n) is 5.80. The monoisotopic (exact) mass is 375 g/mol. The van der Waals surface area contributed by atoms with E-state index in [1.807, 2.05) is 6.07 Å². The molecule has 0 saturated heterocycles. The number of nitrogens with zero attached hydrogens (tertiary/aromatic N) is 1. The van der Waals surface area contributed by atoms with E-state index in [9.17, 15) is 18.0 Å². The highest BCUT2D eigenvalue weighted by Crippen LogP contribution is 2.16. The third kappa shape index (κ3) is 5.24. The molecular formula is C19H21NO5S. The van der Waals surface area contributed by atoms with Crippen LogP contribution in [0.2, 0.25) is 0 Å². The van der Waals surface area contributed by atoms with Crippen molar-refractivity contribution in [3.8, 4) is 5.75 Å². The van der Waals surface area contributed by atoms with Gasteiger partial charge in [0.05, 0.1) is 4.90 Å². The number of esters is 1. The predicted molar refractivity (Wildman–Crippen MR) is 97.6 cm³/mol. The Morgan fingerprint density at radius 3 is 2.19 bits per heavy atom. The molecule has 0 fully saturated rings. The molecule has 0 saturated carbocycles. The summed E-state index contributed by atoms with van der Waals surface area (Å²) < 4.78 is 31.4. The molecule has 0 aromatic heterocycles. The molecule has 0 atom stereocenters. The molecule has 0 N–H and O–H groups in total. The fourth-order valence-electron chi connectivity index (χ4n) is 2.28. The molecule has 0 aliphatic carbocycles. The van der Waals surface area contributed by atoms with Crippen molar-refractivity contribution in [1.29, 1.82) is 0 Å². The summed E-state index contributed by atoms with van der Waals surface area (Å²) >= 11 is 0. The average molecular weight is 375 g/mol. The van der Waals surface area contributed by atoms with Gasteiger partial charge >= 0.3 is 5.97 Å². The van der Waals surface area contributed by atoms with Crippen LogP contribution in [0.4, 0.5) is 0 Å². The molecule has 2 rings (SSSR count). The zero-order valence-corrected chi connectivity index (χ0v) is 15.5. The molecule has 0 radical (unpaired) electrons. The maximum atomic E-state index is 12.5. The molecule has 138 valence electrons. The van der Waals surface area contributed by atoms with Crippen LogP contribution in [0.5, 0.6) is 5.75 Å². The highest BCUT2D eigenvalue weighted by molar-refractivity contribution is 7.89. The zero-order chi connectivity index (χ0) is 19.2. The third-order valence-electron chi connectivity index (χ3n) is 3.80. The minimum Gasteiger partial charge on any atom is -0.427 e. The van der Waals surface area contributed by atoms with Crippen LogP contribution < -0.4 is 4.74 Å². The van der Waals surface area contributed by atoms with Crippen LogP contribution in [0.25, 0.3) is 0 Å². The Balaban J connectivity index is 1.88. The molecule has 0 aliphatic rings. The van der Waals surface area contributed by atoms with E-state index >= 15 is 0 Å². The molecule has 2 aromatic rings. The number of hydrogen-bond acceptors (Lipinski definition) is 5. The standard InChI is InChI=1S/C19H21NO5S/c1-15(21)16-10-12-18(13-11-16)26(23,24)20(2)14-6-9-19(22)25-17-7-4-3-5-8-17/h3-5,7-8,10-13H,6,9,14H2,1-2H3. The molecule has 7 heteroatoms. The van der Waals surface area contributed by atoms with Crippen LogP contribution in [-0.4, -0.2) is 38.1 Å². The second kappa shape index (κ2) is 8.73. The van der Waals surface area contributed by atoms with Gasteiger partial charge in [-0.05, 0) is 37.6 Å². The Labute approximate surface area is 153 Å². The number of ketones is 1. The molecule has 6 nitrogen and oxygen atoms in total. The van der Waals surface area contributed by atoms with E-state index in [-0.39, 0.29) is 23.6 Å². The number of para-hydroxylation sites is 1. The summed E-state index contributed by atoms with van der Waals surface area (Å²) in [6, 6.07) is 14.5. The largest absolute Gasteiger partial charge is 0.427 e. The van der Waals surface area contributed by atoms with Gasteiger partial charge in [0.1, 0.15) is 5.75 Å². The summed E-state index contributed by atoms with van der Waals surface area (Å²) in [4.78, 5) is 23.2. The van der Waals surface area contributed by atoms with Crippen molar-refractivity contribution in [2.75, 3.05) is 13.6 Å². The highest BCUT2D eigenvalue weighted by Gasteiger charge is 2.21. The summed E-state index contributed by atoms with van der Waals surface area (Å²) in [5, 5.41) is 0. The molecular weight excluding hydrogens is 354 g/mol. The van der Waals surface area contributed by atoms with E-state index in [0.29, 0.717) is 17.7 Å². The molecule has 0 heterocycles. The van der Waals surface area contributed by atoms with Crippen molar-refractivity contribution in [2.45, 2.75) is 24.7 Å². The summed E-state index contributed by atoms with van der Waals surface area (Å²) in [5.41, 5.74) is 0.454. The van der Waals surface area contributed by atoms with Crippen LogP contribution in [0.3, 0.4) is 0 Å². The lowest BCUT2D eigenvalue weighted by atomic mass is 10.2. The summed E-state index contributed by atoms with van der Waals surface area (Å²) in [7, 11) is -2.21. The molecule has 0 spiro atoms. The van der Waals surface area contributed by atoms with Gasteiger partial charge in [-0.1, -0.05) is 30.3 Å². The summed E-state index contributed by atoms with van der Waals surface area (Å²) in [6.07, 6.45) is 0.449. The minimum absolute atomic E-state index is 0.108. The number of carbonyl (C=O) groups excluding carboxylic acids is 2. The number of Topliss-reactive ketones (excluding diaryl/α,β-unsaturated/α-hetero) is 1. The number of carbonyl (C=O) groups is 2. The summed E-state index contributed by atoms with van der Waals surface area (Å²) in [5.74, 6) is -0.0731. The lowest BCUT2D eigenvalue weighted by Gasteiger charge is -2.17.